The lowest BCUT2D eigenvalue weighted by Crippen LogP contribution is -2.68. The first-order valence-electron chi connectivity index (χ1n) is 16.2. The molecule has 2 aromatic heterocycles. The smallest absolute Gasteiger partial charge is 0.175 e. The number of nitrogens with zero attached hydrogens (tertiary/aromatic N) is 1. The first kappa shape index (κ1) is 27.5. The number of allylic oxidation sites excluding steroid dienone is 1. The van der Waals surface area contributed by atoms with Crippen LogP contribution < -0.4 is 15.6 Å². The summed E-state index contributed by atoms with van der Waals surface area (Å²) in [5, 5.41) is 11.7. The van der Waals surface area contributed by atoms with Crippen LogP contribution in [0.25, 0.3) is 44.7 Å². The van der Waals surface area contributed by atoms with E-state index < -0.39 is 8.07 Å². The molecule has 9 rings (SSSR count). The van der Waals surface area contributed by atoms with E-state index in [-0.39, 0.29) is 0 Å². The largest absolute Gasteiger partial charge is 0.456 e. The zero-order chi connectivity index (χ0) is 31.2. The van der Waals surface area contributed by atoms with Gasteiger partial charge in [-0.15, -0.1) is 0 Å². The van der Waals surface area contributed by atoms with Crippen molar-refractivity contribution in [3.05, 3.63) is 174 Å². The summed E-state index contributed by atoms with van der Waals surface area (Å²) in [6.07, 6.45) is 4.29. The number of aromatic amines is 2. The number of hydrogen-bond acceptors (Lipinski definition) is 1. The predicted molar refractivity (Wildman–Crippen MR) is 197 cm³/mol. The van der Waals surface area contributed by atoms with Crippen LogP contribution in [-0.4, -0.2) is 22.8 Å². The molecule has 0 unspecified atom stereocenters. The highest BCUT2D eigenvalue weighted by Gasteiger charge is 2.43. The molecule has 0 spiro atoms. The molecule has 2 heterocycles. The molecule has 0 saturated carbocycles. The van der Waals surface area contributed by atoms with Gasteiger partial charge in [0.15, 0.2) is 8.07 Å². The van der Waals surface area contributed by atoms with Gasteiger partial charge in [-0.25, -0.2) is 0 Å². The molecule has 0 bridgehead atoms. The summed E-state index contributed by atoms with van der Waals surface area (Å²) < 4.78 is 8.47. The number of fused-ring (bicyclic) bond motifs is 5. The van der Waals surface area contributed by atoms with Gasteiger partial charge >= 0.3 is 0 Å². The molecule has 0 aliphatic heterocycles. The Labute approximate surface area is 273 Å². The van der Waals surface area contributed by atoms with Crippen LogP contribution in [0.5, 0.6) is 0 Å². The van der Waals surface area contributed by atoms with Gasteiger partial charge in [0.1, 0.15) is 11.2 Å². The minimum Gasteiger partial charge on any atom is -0.456 e. The lowest BCUT2D eigenvalue weighted by molar-refractivity contribution is 0.668. The van der Waals surface area contributed by atoms with Crippen molar-refractivity contribution >= 4 is 62.7 Å². The quantitative estimate of drug-likeness (QED) is 0.147. The molecular formula is C42H33N3OSi. The Morgan fingerprint density at radius 3 is 1.79 bits per heavy atom. The average Bonchev–Trinajstić information content (AvgIpc) is 3.42. The molecule has 0 radical (unpaired) electrons. The van der Waals surface area contributed by atoms with E-state index in [1.165, 1.54) is 26.5 Å². The number of H-pyrrole nitrogens is 2. The zero-order valence-electron chi connectivity index (χ0n) is 25.9. The Morgan fingerprint density at radius 2 is 1.11 bits per heavy atom. The first-order valence-corrected chi connectivity index (χ1v) is 18.2. The predicted octanol–water partition coefficient (Wildman–Crippen LogP) is 8.35. The molecule has 47 heavy (non-hydrogen) atoms. The van der Waals surface area contributed by atoms with Gasteiger partial charge in [-0.3, -0.25) is 9.78 Å². The fourth-order valence-corrected chi connectivity index (χ4v) is 12.6. The SMILES string of the molecule is C1=C([Si](c2ccccc2)(c2ccccc2)c2ccccc2)CCc2c1[nH]c1ccccc1[nH]n2-c1ccc2oc3ccccc3c2c1. The summed E-state index contributed by atoms with van der Waals surface area (Å²) in [7, 11) is -2.63. The van der Waals surface area contributed by atoms with Crippen molar-refractivity contribution in [2.75, 3.05) is 0 Å². The van der Waals surface area contributed by atoms with Gasteiger partial charge in [0.25, 0.3) is 0 Å². The highest BCUT2D eigenvalue weighted by molar-refractivity contribution is 7.16. The maximum atomic E-state index is 6.19. The zero-order valence-corrected chi connectivity index (χ0v) is 26.9. The van der Waals surface area contributed by atoms with Crippen molar-refractivity contribution in [1.29, 1.82) is 0 Å². The maximum absolute atomic E-state index is 6.19. The number of aromatic nitrogens is 3. The molecule has 6 aromatic carbocycles. The maximum Gasteiger partial charge on any atom is 0.175 e. The van der Waals surface area contributed by atoms with Crippen molar-refractivity contribution in [3.8, 4) is 5.69 Å². The van der Waals surface area contributed by atoms with Gasteiger partial charge in [0, 0.05) is 10.8 Å². The van der Waals surface area contributed by atoms with E-state index in [4.69, 9.17) is 4.42 Å². The standard InChI is InChI=1S/C42H33N3OSi/c1-4-14-31(15-5-1)47(32-16-6-2-7-17-32,33-18-8-3-9-19-33)34-25-26-40-39(29-34)43-37-21-11-12-22-38(37)44-45(40)30-24-27-42-36(28-30)35-20-10-13-23-41(35)46-42/h1-24,27-29,43-44H,25-26H2. The third kappa shape index (κ3) is 4.50. The van der Waals surface area contributed by atoms with Crippen LogP contribution in [0.2, 0.25) is 0 Å². The summed E-state index contributed by atoms with van der Waals surface area (Å²) in [6.45, 7) is 0. The van der Waals surface area contributed by atoms with E-state index in [0.29, 0.717) is 0 Å². The Bertz CT molecular complexity index is 2370. The Kier molecular flexibility index (Phi) is 6.58. The molecule has 4 nitrogen and oxygen atoms in total. The lowest BCUT2D eigenvalue weighted by Gasteiger charge is -2.38. The minimum atomic E-state index is -2.63. The Hall–Kier alpha value is -5.78. The summed E-state index contributed by atoms with van der Waals surface area (Å²) in [5.74, 6) is 0. The number of furan rings is 1. The molecule has 0 amide bonds. The summed E-state index contributed by atoms with van der Waals surface area (Å²) in [5.41, 5.74) is 7.31. The highest BCUT2D eigenvalue weighted by atomic mass is 28.3. The summed E-state index contributed by atoms with van der Waals surface area (Å²) >= 11 is 0. The molecule has 1 aliphatic carbocycles. The lowest BCUT2D eigenvalue weighted by atomic mass is 10.1. The molecule has 2 N–H and O–H groups in total. The Morgan fingerprint density at radius 1 is 0.532 bits per heavy atom. The second-order valence-corrected chi connectivity index (χ2v) is 16.1. The molecule has 226 valence electrons. The van der Waals surface area contributed by atoms with Gasteiger partial charge in [-0.1, -0.05) is 127 Å². The van der Waals surface area contributed by atoms with E-state index in [2.05, 4.69) is 166 Å². The average molecular weight is 624 g/mol. The van der Waals surface area contributed by atoms with Crippen LogP contribution in [0, 0.1) is 0 Å². The fraction of sp³-hybridized carbons (Fsp3) is 0.0476. The van der Waals surface area contributed by atoms with E-state index in [0.717, 1.165) is 57.2 Å². The number of rotatable bonds is 5. The number of benzene rings is 6. The van der Waals surface area contributed by atoms with E-state index in [1.807, 2.05) is 12.1 Å². The third-order valence-electron chi connectivity index (χ3n) is 9.68. The minimum absolute atomic E-state index is 0.876. The van der Waals surface area contributed by atoms with Gasteiger partial charge in [0.2, 0.25) is 0 Å². The van der Waals surface area contributed by atoms with Crippen LogP contribution in [-0.2, 0) is 6.42 Å². The number of nitrogens with one attached hydrogen (secondary N) is 2. The van der Waals surface area contributed by atoms with Gasteiger partial charge in [-0.05, 0) is 70.9 Å². The molecule has 0 atom stereocenters. The van der Waals surface area contributed by atoms with Crippen molar-refractivity contribution in [3.63, 3.8) is 0 Å². The fourth-order valence-electron chi connectivity index (χ4n) is 7.57. The topological polar surface area (TPSA) is 49.6 Å². The monoisotopic (exact) mass is 623 g/mol. The normalized spacial score (nSPS) is 13.1. The number of para-hydroxylation sites is 3. The molecular weight excluding hydrogens is 591 g/mol. The molecule has 0 saturated heterocycles. The molecule has 5 heteroatoms. The van der Waals surface area contributed by atoms with Crippen LogP contribution >= 0.6 is 0 Å². The van der Waals surface area contributed by atoms with Crippen molar-refractivity contribution in [2.45, 2.75) is 12.8 Å². The summed E-state index contributed by atoms with van der Waals surface area (Å²) in [6, 6.07) is 56.8. The van der Waals surface area contributed by atoms with Crippen molar-refractivity contribution < 1.29 is 4.42 Å². The van der Waals surface area contributed by atoms with Crippen LogP contribution in [0.4, 0.5) is 0 Å². The van der Waals surface area contributed by atoms with Gasteiger partial charge in [-0.2, -0.15) is 0 Å². The van der Waals surface area contributed by atoms with E-state index >= 15 is 0 Å². The molecule has 1 aliphatic rings. The van der Waals surface area contributed by atoms with E-state index in [1.54, 1.807) is 0 Å². The third-order valence-corrected chi connectivity index (χ3v) is 14.6. The second kappa shape index (κ2) is 11.2. The van der Waals surface area contributed by atoms with Crippen molar-refractivity contribution in [1.82, 2.24) is 14.8 Å². The molecule has 0 fully saturated rings. The molecule has 8 aromatic rings. The van der Waals surface area contributed by atoms with Gasteiger partial charge < -0.3 is 9.40 Å². The number of hydrogen-bond donors (Lipinski definition) is 2. The Balaban J connectivity index is 1.34. The highest BCUT2D eigenvalue weighted by Crippen LogP contribution is 2.33. The van der Waals surface area contributed by atoms with Crippen LogP contribution in [0.15, 0.2) is 167 Å². The van der Waals surface area contributed by atoms with Crippen LogP contribution in [0.3, 0.4) is 0 Å². The van der Waals surface area contributed by atoms with Crippen LogP contribution in [0.1, 0.15) is 17.8 Å². The first-order chi connectivity index (χ1) is 23.3. The second-order valence-electron chi connectivity index (χ2n) is 12.3. The van der Waals surface area contributed by atoms with Crippen molar-refractivity contribution in [2.24, 2.45) is 0 Å². The van der Waals surface area contributed by atoms with Gasteiger partial charge in [0.05, 0.1) is 28.1 Å². The van der Waals surface area contributed by atoms with E-state index in [9.17, 15) is 0 Å². The summed E-state index contributed by atoms with van der Waals surface area (Å²) in [4.78, 5) is 3.88.